The molecule has 4 heterocycles. The van der Waals surface area contributed by atoms with Gasteiger partial charge in [0.15, 0.2) is 0 Å². The van der Waals surface area contributed by atoms with E-state index in [4.69, 9.17) is 4.74 Å². The molecule has 11 heteroatoms. The molecule has 0 unspecified atom stereocenters. The maximum absolute atomic E-state index is 13.9. The van der Waals surface area contributed by atoms with Gasteiger partial charge in [-0.25, -0.2) is 4.90 Å². The van der Waals surface area contributed by atoms with E-state index in [2.05, 4.69) is 0 Å². The summed E-state index contributed by atoms with van der Waals surface area (Å²) in [4.78, 5) is 57.0. The number of imide groups is 1. The molecule has 1 aromatic heterocycles. The zero-order valence-corrected chi connectivity index (χ0v) is 22.2. The Hall–Kier alpha value is -3.41. The van der Waals surface area contributed by atoms with Gasteiger partial charge in [0.05, 0.1) is 29.8 Å². The molecule has 3 aromatic rings. The summed E-state index contributed by atoms with van der Waals surface area (Å²) >= 11 is 2.13. The number of rotatable bonds is 4. The van der Waals surface area contributed by atoms with Gasteiger partial charge in [0.1, 0.15) is 17.5 Å². The number of morpholine rings is 1. The van der Waals surface area contributed by atoms with Crippen molar-refractivity contribution in [3.05, 3.63) is 74.2 Å². The zero-order chi connectivity index (χ0) is 26.6. The van der Waals surface area contributed by atoms with E-state index >= 15 is 0 Å². The molecule has 2 aromatic carbocycles. The van der Waals surface area contributed by atoms with Crippen molar-refractivity contribution in [1.29, 1.82) is 0 Å². The smallest absolute Gasteiger partial charge is 0.308 e. The highest BCUT2D eigenvalue weighted by molar-refractivity contribution is 8.00. The molecule has 6 rings (SSSR count). The Balaban J connectivity index is 1.45. The van der Waals surface area contributed by atoms with Crippen molar-refractivity contribution >= 4 is 46.5 Å². The highest BCUT2D eigenvalue weighted by atomic mass is 32.2. The Bertz CT molecular complexity index is 1490. The Morgan fingerprint density at radius 3 is 2.45 bits per heavy atom. The van der Waals surface area contributed by atoms with E-state index in [1.165, 1.54) is 27.3 Å². The second-order valence-corrected chi connectivity index (χ2v) is 11.7. The second-order valence-electron chi connectivity index (χ2n) is 9.56. The molecule has 0 bridgehead atoms. The number of hydrogen-bond donors (Lipinski definition) is 1. The molecule has 38 heavy (non-hydrogen) atoms. The predicted octanol–water partition coefficient (Wildman–Crippen LogP) is 2.58. The van der Waals surface area contributed by atoms with E-state index in [0.717, 1.165) is 16.9 Å². The van der Waals surface area contributed by atoms with E-state index in [-0.39, 0.29) is 34.9 Å². The number of ether oxygens (including phenoxy) is 1. The van der Waals surface area contributed by atoms with Gasteiger partial charge in [-0.3, -0.25) is 23.7 Å². The summed E-state index contributed by atoms with van der Waals surface area (Å²) in [5.74, 6) is -2.47. The van der Waals surface area contributed by atoms with Gasteiger partial charge < -0.3 is 14.7 Å². The van der Waals surface area contributed by atoms with Crippen LogP contribution in [0.2, 0.25) is 0 Å². The SMILES string of the molecule is Cc1ccc(N2C(=O)[C@@H]3[C@H](c4ccccc4O)c4sc(=O)n(CC(=O)N5CCOCC5)c4S[C@@H]3C2=O)cc1. The number of aromatic nitrogens is 1. The number of fused-ring (bicyclic) bond motifs is 2. The molecule has 0 radical (unpaired) electrons. The summed E-state index contributed by atoms with van der Waals surface area (Å²) in [5, 5.41) is 10.5. The molecule has 2 saturated heterocycles. The van der Waals surface area contributed by atoms with Gasteiger partial charge in [0, 0.05) is 29.4 Å². The number of anilines is 1. The first-order chi connectivity index (χ1) is 18.3. The number of carbonyl (C=O) groups excluding carboxylic acids is 3. The third kappa shape index (κ3) is 4.05. The first kappa shape index (κ1) is 24.9. The lowest BCUT2D eigenvalue weighted by molar-refractivity contribution is -0.136. The van der Waals surface area contributed by atoms with Crippen LogP contribution >= 0.6 is 23.1 Å². The molecule has 1 N–H and O–H groups in total. The number of phenols is 1. The average molecular weight is 552 g/mol. The highest BCUT2D eigenvalue weighted by Crippen LogP contribution is 2.55. The van der Waals surface area contributed by atoms with Crippen molar-refractivity contribution in [2.45, 2.75) is 29.7 Å². The number of aryl methyl sites for hydroxylation is 1. The van der Waals surface area contributed by atoms with Gasteiger partial charge in [-0.1, -0.05) is 59.0 Å². The van der Waals surface area contributed by atoms with Crippen molar-refractivity contribution < 1.29 is 24.2 Å². The maximum atomic E-state index is 13.9. The number of aromatic hydroxyl groups is 1. The number of hydrogen-bond acceptors (Lipinski definition) is 8. The lowest BCUT2D eigenvalue weighted by atomic mass is 9.82. The summed E-state index contributed by atoms with van der Waals surface area (Å²) < 4.78 is 6.75. The summed E-state index contributed by atoms with van der Waals surface area (Å²) in [6.45, 7) is 3.57. The Morgan fingerprint density at radius 1 is 1.03 bits per heavy atom. The number of benzene rings is 2. The van der Waals surface area contributed by atoms with Gasteiger partial charge in [-0.05, 0) is 25.1 Å². The van der Waals surface area contributed by atoms with E-state index in [1.807, 2.05) is 19.1 Å². The van der Waals surface area contributed by atoms with Crippen molar-refractivity contribution in [2.24, 2.45) is 5.92 Å². The van der Waals surface area contributed by atoms with Crippen LogP contribution < -0.4 is 9.77 Å². The van der Waals surface area contributed by atoms with Crippen LogP contribution in [0.1, 0.15) is 21.9 Å². The average Bonchev–Trinajstić information content (AvgIpc) is 3.36. The van der Waals surface area contributed by atoms with Crippen LogP contribution in [-0.4, -0.2) is 63.8 Å². The van der Waals surface area contributed by atoms with Crippen molar-refractivity contribution in [3.8, 4) is 5.75 Å². The zero-order valence-electron chi connectivity index (χ0n) is 20.5. The molecule has 3 amide bonds. The van der Waals surface area contributed by atoms with Crippen LogP contribution in [0, 0.1) is 12.8 Å². The van der Waals surface area contributed by atoms with Crippen LogP contribution in [0.5, 0.6) is 5.75 Å². The molecule has 3 aliphatic heterocycles. The minimum absolute atomic E-state index is 0.0140. The molecular formula is C27H25N3O6S2. The fraction of sp³-hybridized carbons (Fsp3) is 0.333. The Kier molecular flexibility index (Phi) is 6.37. The van der Waals surface area contributed by atoms with Gasteiger partial charge in [0.25, 0.3) is 0 Å². The number of phenolic OH excluding ortho intramolecular Hbond substituents is 1. The molecule has 3 aliphatic rings. The second kappa shape index (κ2) is 9.72. The molecule has 0 aliphatic carbocycles. The number of para-hydroxylation sites is 1. The molecule has 0 saturated carbocycles. The highest BCUT2D eigenvalue weighted by Gasteiger charge is 2.57. The Morgan fingerprint density at radius 2 is 1.74 bits per heavy atom. The largest absolute Gasteiger partial charge is 0.508 e. The van der Waals surface area contributed by atoms with Crippen LogP contribution in [0.25, 0.3) is 0 Å². The third-order valence-electron chi connectivity index (χ3n) is 7.27. The number of thioether (sulfide) groups is 1. The van der Waals surface area contributed by atoms with E-state index < -0.39 is 17.1 Å². The van der Waals surface area contributed by atoms with Crippen LogP contribution in [0.15, 0.2) is 58.4 Å². The topological polar surface area (TPSA) is 109 Å². The van der Waals surface area contributed by atoms with Crippen molar-refractivity contribution in [2.75, 3.05) is 31.2 Å². The van der Waals surface area contributed by atoms with Crippen LogP contribution in [-0.2, 0) is 25.7 Å². The van der Waals surface area contributed by atoms with E-state index in [0.29, 0.717) is 47.5 Å². The standard InChI is InChI=1S/C27H25N3O6S2/c1-15-6-8-16(9-7-15)30-24(33)21-20(17-4-2-3-5-18(17)31)23-26(37-22(21)25(30)34)29(27(35)38-23)14-19(32)28-10-12-36-13-11-28/h2-9,20-22,31H,10-14H2,1H3/t20-,21+,22-/m0/s1. The first-order valence-electron chi connectivity index (χ1n) is 12.3. The molecule has 3 atom stereocenters. The lowest BCUT2D eigenvalue weighted by Gasteiger charge is -2.31. The number of thiazole rings is 1. The molecular weight excluding hydrogens is 526 g/mol. The normalized spacial score (nSPS) is 22.9. The van der Waals surface area contributed by atoms with Crippen LogP contribution in [0.3, 0.4) is 0 Å². The van der Waals surface area contributed by atoms with E-state index in [9.17, 15) is 24.3 Å². The van der Waals surface area contributed by atoms with Crippen molar-refractivity contribution in [1.82, 2.24) is 9.47 Å². The van der Waals surface area contributed by atoms with Gasteiger partial charge >= 0.3 is 4.87 Å². The third-order valence-corrected chi connectivity index (χ3v) is 9.87. The number of carbonyl (C=O) groups is 3. The summed E-state index contributed by atoms with van der Waals surface area (Å²) in [6, 6.07) is 13.9. The first-order valence-corrected chi connectivity index (χ1v) is 14.0. The van der Waals surface area contributed by atoms with Gasteiger partial charge in [0.2, 0.25) is 17.7 Å². The van der Waals surface area contributed by atoms with E-state index in [1.54, 1.807) is 35.2 Å². The maximum Gasteiger partial charge on any atom is 0.308 e. The number of amides is 3. The van der Waals surface area contributed by atoms with Crippen LogP contribution in [0.4, 0.5) is 5.69 Å². The monoisotopic (exact) mass is 551 g/mol. The minimum Gasteiger partial charge on any atom is -0.508 e. The molecule has 196 valence electrons. The lowest BCUT2D eigenvalue weighted by Crippen LogP contribution is -2.43. The molecule has 0 spiro atoms. The summed E-state index contributed by atoms with van der Waals surface area (Å²) in [6.07, 6.45) is 0. The van der Waals surface area contributed by atoms with Crippen molar-refractivity contribution in [3.63, 3.8) is 0 Å². The number of nitrogens with zero attached hydrogens (tertiary/aromatic N) is 3. The minimum atomic E-state index is -0.809. The summed E-state index contributed by atoms with van der Waals surface area (Å²) in [7, 11) is 0. The van der Waals surface area contributed by atoms with Gasteiger partial charge in [-0.15, -0.1) is 0 Å². The fourth-order valence-electron chi connectivity index (χ4n) is 5.34. The predicted molar refractivity (Wildman–Crippen MR) is 143 cm³/mol. The fourth-order valence-corrected chi connectivity index (χ4v) is 8.10. The molecule has 2 fully saturated rings. The summed E-state index contributed by atoms with van der Waals surface area (Å²) in [5.41, 5.74) is 1.96. The quantitative estimate of drug-likeness (QED) is 0.497. The Labute approximate surface area is 226 Å². The molecule has 9 nitrogen and oxygen atoms in total. The van der Waals surface area contributed by atoms with Gasteiger partial charge in [-0.2, -0.15) is 0 Å².